The molecule has 4 amide bonds. The molecule has 1 saturated carbocycles. The predicted octanol–water partition coefficient (Wildman–Crippen LogP) is 3.36. The largest absolute Gasteiger partial charge is 0.444 e. The predicted molar refractivity (Wildman–Crippen MR) is 181 cm³/mol. The maximum atomic E-state index is 14.6. The van der Waals surface area contributed by atoms with E-state index in [0.717, 1.165) is 63.2 Å². The monoisotopic (exact) mass is 687 g/mol. The molecule has 0 spiro atoms. The number of hydrogen-bond acceptors (Lipinski definition) is 7. The second kappa shape index (κ2) is 14.3. The van der Waals surface area contributed by atoms with Crippen LogP contribution in [0.3, 0.4) is 0 Å². The fourth-order valence-corrected chi connectivity index (χ4v) is 9.22. The number of likely N-dealkylation sites (tertiary alicyclic amines) is 1. The van der Waals surface area contributed by atoms with Gasteiger partial charge in [0, 0.05) is 26.2 Å². The molecule has 266 valence electrons. The number of amides is 4. The molecule has 48 heavy (non-hydrogen) atoms. The van der Waals surface area contributed by atoms with Crippen molar-refractivity contribution in [2.75, 3.05) is 26.4 Å². The minimum absolute atomic E-state index is 0.00365. The van der Waals surface area contributed by atoms with Crippen LogP contribution in [-0.2, 0) is 35.6 Å². The Kier molecular flexibility index (Phi) is 10.8. The zero-order chi connectivity index (χ0) is 35.0. The Hall–Kier alpha value is -3.19. The van der Waals surface area contributed by atoms with Crippen molar-refractivity contribution >= 4 is 33.8 Å². The van der Waals surface area contributed by atoms with Crippen molar-refractivity contribution in [3.05, 3.63) is 35.4 Å². The Labute approximate surface area is 285 Å². The highest BCUT2D eigenvalue weighted by atomic mass is 32.2. The van der Waals surface area contributed by atoms with Crippen LogP contribution in [0.2, 0.25) is 0 Å². The van der Waals surface area contributed by atoms with Crippen LogP contribution >= 0.6 is 0 Å². The molecule has 1 aromatic carbocycles. The van der Waals surface area contributed by atoms with Gasteiger partial charge in [-0.05, 0) is 83.3 Å². The fourth-order valence-electron chi connectivity index (χ4n) is 8.06. The smallest absolute Gasteiger partial charge is 0.410 e. The first-order valence-electron chi connectivity index (χ1n) is 17.5. The molecule has 6 atom stereocenters. The van der Waals surface area contributed by atoms with Crippen molar-refractivity contribution in [3.8, 4) is 0 Å². The molecule has 2 aliphatic heterocycles. The van der Waals surface area contributed by atoms with Crippen molar-refractivity contribution in [2.45, 2.75) is 121 Å². The lowest BCUT2D eigenvalue weighted by Crippen LogP contribution is -2.59. The second-order valence-corrected chi connectivity index (χ2v) is 17.1. The van der Waals surface area contributed by atoms with E-state index in [-0.39, 0.29) is 36.9 Å². The van der Waals surface area contributed by atoms with Crippen LogP contribution in [0.4, 0.5) is 4.79 Å². The van der Waals surface area contributed by atoms with E-state index in [1.165, 1.54) is 21.8 Å². The molecule has 12 nitrogen and oxygen atoms in total. The molecule has 2 aliphatic carbocycles. The van der Waals surface area contributed by atoms with Gasteiger partial charge >= 0.3 is 6.09 Å². The minimum atomic E-state index is -3.66. The van der Waals surface area contributed by atoms with Crippen molar-refractivity contribution in [2.24, 2.45) is 11.8 Å². The van der Waals surface area contributed by atoms with Gasteiger partial charge in [0.25, 0.3) is 0 Å². The normalized spacial score (nSPS) is 26.2. The van der Waals surface area contributed by atoms with Gasteiger partial charge in [0.05, 0.1) is 24.3 Å². The minimum Gasteiger partial charge on any atom is -0.444 e. The van der Waals surface area contributed by atoms with E-state index in [1.807, 2.05) is 18.2 Å². The Balaban J connectivity index is 1.39. The number of nitrogens with one attached hydrogen (secondary N) is 2. The summed E-state index contributed by atoms with van der Waals surface area (Å²) >= 11 is 0. The van der Waals surface area contributed by atoms with Gasteiger partial charge in [-0.1, -0.05) is 43.5 Å². The van der Waals surface area contributed by atoms with E-state index in [1.54, 1.807) is 32.6 Å². The Morgan fingerprint density at radius 2 is 1.69 bits per heavy atom. The first-order valence-corrected chi connectivity index (χ1v) is 19.3. The number of nitrogens with zero attached hydrogens (tertiary/aromatic N) is 3. The summed E-state index contributed by atoms with van der Waals surface area (Å²) in [7, 11) is -2.17. The third kappa shape index (κ3) is 7.82. The number of sulfonamides is 1. The molecule has 1 aromatic rings. The summed E-state index contributed by atoms with van der Waals surface area (Å²) in [5.41, 5.74) is 1.54. The fraction of sp³-hybridized carbons (Fsp3) is 0.714. The van der Waals surface area contributed by atoms with Crippen molar-refractivity contribution in [3.63, 3.8) is 0 Å². The highest BCUT2D eigenvalue weighted by Crippen LogP contribution is 2.40. The van der Waals surface area contributed by atoms with Crippen molar-refractivity contribution in [1.29, 1.82) is 0 Å². The summed E-state index contributed by atoms with van der Waals surface area (Å²) in [5, 5.41) is 6.21. The third-order valence-electron chi connectivity index (χ3n) is 10.6. The summed E-state index contributed by atoms with van der Waals surface area (Å²) in [6.07, 6.45) is 8.01. The number of rotatable bonds is 8. The van der Waals surface area contributed by atoms with Crippen LogP contribution in [0.5, 0.6) is 0 Å². The molecule has 4 aliphatic rings. The van der Waals surface area contributed by atoms with Crippen LogP contribution in [-0.4, -0.2) is 102 Å². The summed E-state index contributed by atoms with van der Waals surface area (Å²) in [6, 6.07) is 4.92. The van der Waals surface area contributed by atoms with E-state index in [4.69, 9.17) is 4.74 Å². The standard InChI is InChI=1S/C35H53N5O7S/c1-22(38(5)34(44)47-35(2,3)4)31(41)37-29(24-14-8-7-9-15-24)33(43)39-20-19-28-30(39)26(21-40(28)48(6,45)46)32(42)36-27-18-12-16-23-13-10-11-17-25(23)27/h10-11,13,17,22,24,26-30H,7-9,12,14-16,18-21H2,1-6H3,(H,36,42)(H,37,41)/t22-,26-,27+,28+,29-,30+/m0/s1. The first kappa shape index (κ1) is 36.1. The average molecular weight is 688 g/mol. The van der Waals surface area contributed by atoms with Crippen molar-refractivity contribution in [1.82, 2.24) is 24.7 Å². The Morgan fingerprint density at radius 3 is 2.35 bits per heavy atom. The lowest BCUT2D eigenvalue weighted by atomic mass is 9.82. The molecule has 2 N–H and O–H groups in total. The van der Waals surface area contributed by atoms with Gasteiger partial charge in [-0.15, -0.1) is 0 Å². The molecule has 5 rings (SSSR count). The number of ether oxygens (including phenoxy) is 1. The highest BCUT2D eigenvalue weighted by Gasteiger charge is 2.56. The van der Waals surface area contributed by atoms with E-state index in [9.17, 15) is 27.6 Å². The van der Waals surface area contributed by atoms with Crippen LogP contribution in [0.1, 0.15) is 96.2 Å². The van der Waals surface area contributed by atoms with Crippen LogP contribution in [0.15, 0.2) is 24.3 Å². The molecule has 3 fully saturated rings. The summed E-state index contributed by atoms with van der Waals surface area (Å²) < 4.78 is 32.8. The lowest BCUT2D eigenvalue weighted by molar-refractivity contribution is -0.141. The molecule has 2 saturated heterocycles. The SMILES string of the molecule is C[C@@H](C(=O)N[C@H](C(=O)N1CC[C@@H]2[C@H]1[C@@H](C(=O)N[C@@H]1CCCc3ccccc31)CN2S(C)(=O)=O)C1CCCCC1)N(C)C(=O)OC(C)(C)C. The number of aryl methyl sites for hydroxylation is 1. The van der Waals surface area contributed by atoms with E-state index in [2.05, 4.69) is 16.7 Å². The number of fused-ring (bicyclic) bond motifs is 2. The van der Waals surface area contributed by atoms with Crippen molar-refractivity contribution < 1.29 is 32.3 Å². The Morgan fingerprint density at radius 1 is 1.00 bits per heavy atom. The molecule has 13 heteroatoms. The molecule has 0 aromatic heterocycles. The average Bonchev–Trinajstić information content (AvgIpc) is 3.63. The highest BCUT2D eigenvalue weighted by molar-refractivity contribution is 7.88. The van der Waals surface area contributed by atoms with Gasteiger partial charge in [-0.25, -0.2) is 13.2 Å². The molecule has 0 bridgehead atoms. The van der Waals surface area contributed by atoms with E-state index < -0.39 is 57.7 Å². The summed E-state index contributed by atoms with van der Waals surface area (Å²) in [4.78, 5) is 58.0. The zero-order valence-corrected chi connectivity index (χ0v) is 30.1. The van der Waals surface area contributed by atoms with E-state index >= 15 is 0 Å². The second-order valence-electron chi connectivity index (χ2n) is 15.1. The van der Waals surface area contributed by atoms with Gasteiger partial charge in [0.2, 0.25) is 27.7 Å². The summed E-state index contributed by atoms with van der Waals surface area (Å²) in [5.74, 6) is -1.91. The molecule has 0 unspecified atom stereocenters. The molecule has 0 radical (unpaired) electrons. The topological polar surface area (TPSA) is 145 Å². The van der Waals surface area contributed by atoms with Crippen LogP contribution in [0, 0.1) is 11.8 Å². The maximum Gasteiger partial charge on any atom is 0.410 e. The number of carbonyl (C=O) groups excluding carboxylic acids is 4. The van der Waals surface area contributed by atoms with E-state index in [0.29, 0.717) is 6.42 Å². The molecule has 2 heterocycles. The Bertz CT molecular complexity index is 1490. The van der Waals surface area contributed by atoms with Gasteiger partial charge in [-0.2, -0.15) is 4.31 Å². The lowest BCUT2D eigenvalue weighted by Gasteiger charge is -2.37. The maximum absolute atomic E-state index is 14.6. The zero-order valence-electron chi connectivity index (χ0n) is 29.2. The quantitative estimate of drug-likeness (QED) is 0.427. The van der Waals surface area contributed by atoms with Gasteiger partial charge in [-0.3, -0.25) is 19.3 Å². The number of benzene rings is 1. The molecular formula is C35H53N5O7S. The van der Waals surface area contributed by atoms with Gasteiger partial charge in [0.15, 0.2) is 0 Å². The van der Waals surface area contributed by atoms with Crippen LogP contribution < -0.4 is 10.6 Å². The van der Waals surface area contributed by atoms with Gasteiger partial charge < -0.3 is 20.3 Å². The number of likely N-dealkylation sites (N-methyl/N-ethyl adjacent to an activating group) is 1. The summed E-state index contributed by atoms with van der Waals surface area (Å²) in [6.45, 7) is 7.12. The number of hydrogen-bond donors (Lipinski definition) is 2. The van der Waals surface area contributed by atoms with Crippen LogP contribution in [0.25, 0.3) is 0 Å². The van der Waals surface area contributed by atoms with Gasteiger partial charge in [0.1, 0.15) is 17.7 Å². The molecular weight excluding hydrogens is 634 g/mol. The third-order valence-corrected chi connectivity index (χ3v) is 11.9. The number of carbonyl (C=O) groups is 4. The first-order chi connectivity index (χ1) is 22.6.